The molecule has 0 radical (unpaired) electrons. The van der Waals surface area contributed by atoms with Crippen LogP contribution in [-0.4, -0.2) is 52.8 Å². The Morgan fingerprint density at radius 3 is 1.47 bits per heavy atom. The number of ether oxygens (including phenoxy) is 1. The Balaban J connectivity index is 2.09. The molecule has 9 heteroatoms. The molecule has 0 aliphatic carbocycles. The number of carbonyl (C=O) groups excluding carboxylic acids is 4. The van der Waals surface area contributed by atoms with Crippen molar-refractivity contribution in [3.63, 3.8) is 0 Å². The van der Waals surface area contributed by atoms with Crippen LogP contribution in [-0.2, 0) is 34.7 Å². The number of nitrogens with zero attached hydrogens (tertiary/aromatic N) is 1. The van der Waals surface area contributed by atoms with Crippen LogP contribution >= 0.6 is 22.9 Å². The van der Waals surface area contributed by atoms with Gasteiger partial charge in [-0.25, -0.2) is 0 Å². The molecule has 2 N–H and O–H groups in total. The predicted octanol–water partition coefficient (Wildman–Crippen LogP) is 11.3. The first-order valence-electron chi connectivity index (χ1n) is 21.1. The first-order valence-corrected chi connectivity index (χ1v) is 22.2. The number of benzene rings is 1. The summed E-state index contributed by atoms with van der Waals surface area (Å²) in [6, 6.07) is 8.71. The molecule has 0 saturated carbocycles. The summed E-state index contributed by atoms with van der Waals surface area (Å²) in [7, 11) is 0. The molecule has 8 nitrogen and oxygen atoms in total. The Hall–Kier alpha value is -2.01. The second-order valence-electron chi connectivity index (χ2n) is 23.8. The number of hydrogen-bond donors (Lipinski definition) is 2. The average Bonchev–Trinajstić information content (AvgIpc) is 3.01. The molecule has 1 aromatic carbocycles. The van der Waals surface area contributed by atoms with Crippen LogP contribution in [0.15, 0.2) is 24.3 Å². The standard InChI is InChI=1S/C48H82IN3O5/c1-39(2,29-43(9,10)38(56)52-27-25-35(52)53)33-21-23-34(24-22-33)40(3,4)32-47(17,18)50-36(54)41(5,6)31-46(15,16)48(19,20)57-28-26-44(11,12)45(13,14)30-42(7,8)37(55)51-49/h21-24H,25-32H2,1-20H3,(H,50,54)(H,51,55). The van der Waals surface area contributed by atoms with Gasteiger partial charge in [-0.15, -0.1) is 0 Å². The van der Waals surface area contributed by atoms with Crippen LogP contribution in [0.2, 0.25) is 0 Å². The van der Waals surface area contributed by atoms with Gasteiger partial charge in [-0.1, -0.05) is 135 Å². The molecule has 4 amide bonds. The van der Waals surface area contributed by atoms with Crippen LogP contribution in [0.3, 0.4) is 0 Å². The minimum atomic E-state index is -0.659. The maximum absolute atomic E-state index is 14.1. The summed E-state index contributed by atoms with van der Waals surface area (Å²) in [4.78, 5) is 53.2. The molecule has 0 aromatic heterocycles. The van der Waals surface area contributed by atoms with Crippen molar-refractivity contribution in [2.45, 2.75) is 199 Å². The Kier molecular flexibility index (Phi) is 15.4. The monoisotopic (exact) mass is 908 g/mol. The van der Waals surface area contributed by atoms with Crippen LogP contribution in [0.1, 0.15) is 188 Å². The number of halogens is 1. The normalized spacial score (nSPS) is 15.7. The number of imide groups is 1. The summed E-state index contributed by atoms with van der Waals surface area (Å²) in [5, 5.41) is 3.43. The molecular weight excluding hydrogens is 825 g/mol. The lowest BCUT2D eigenvalue weighted by molar-refractivity contribution is -0.158. The van der Waals surface area contributed by atoms with Gasteiger partial charge in [-0.3, -0.25) is 27.6 Å². The third-order valence-electron chi connectivity index (χ3n) is 14.1. The zero-order chi connectivity index (χ0) is 44.6. The van der Waals surface area contributed by atoms with E-state index in [4.69, 9.17) is 4.74 Å². The zero-order valence-electron chi connectivity index (χ0n) is 39.8. The Labute approximate surface area is 362 Å². The van der Waals surface area contributed by atoms with E-state index in [1.54, 1.807) is 0 Å². The molecule has 1 aliphatic heterocycles. The third kappa shape index (κ3) is 12.5. The fourth-order valence-electron chi connectivity index (χ4n) is 9.32. The van der Waals surface area contributed by atoms with E-state index in [9.17, 15) is 19.2 Å². The van der Waals surface area contributed by atoms with Crippen LogP contribution in [0.4, 0.5) is 0 Å². The van der Waals surface area contributed by atoms with Crippen molar-refractivity contribution < 1.29 is 23.9 Å². The quantitative estimate of drug-likeness (QED) is 0.0770. The maximum Gasteiger partial charge on any atom is 0.234 e. The summed E-state index contributed by atoms with van der Waals surface area (Å²) in [5.41, 5.74) is -1.44. The van der Waals surface area contributed by atoms with Crippen molar-refractivity contribution >= 4 is 46.5 Å². The van der Waals surface area contributed by atoms with E-state index >= 15 is 0 Å². The minimum absolute atomic E-state index is 0.0300. The molecule has 326 valence electrons. The number of likely N-dealkylation sites (tertiary alicyclic amines) is 1. The van der Waals surface area contributed by atoms with Gasteiger partial charge in [0.25, 0.3) is 0 Å². The lowest BCUT2D eigenvalue weighted by Gasteiger charge is -2.48. The van der Waals surface area contributed by atoms with Crippen LogP contribution in [0.5, 0.6) is 0 Å². The number of carbonyl (C=O) groups is 4. The Bertz CT molecular complexity index is 1610. The Morgan fingerprint density at radius 2 is 1.05 bits per heavy atom. The average molecular weight is 908 g/mol. The molecule has 2 rings (SSSR count). The van der Waals surface area contributed by atoms with E-state index < -0.39 is 27.4 Å². The number of amides is 4. The number of β-lactam (4-membered cyclic amide) rings is 1. The summed E-state index contributed by atoms with van der Waals surface area (Å²) in [6.45, 7) is 43.8. The van der Waals surface area contributed by atoms with E-state index in [0.717, 1.165) is 24.8 Å². The van der Waals surface area contributed by atoms with Crippen LogP contribution < -0.4 is 8.85 Å². The van der Waals surface area contributed by atoms with E-state index in [0.29, 0.717) is 32.4 Å². The summed E-state index contributed by atoms with van der Waals surface area (Å²) < 4.78 is 9.50. The molecule has 1 heterocycles. The summed E-state index contributed by atoms with van der Waals surface area (Å²) in [6.07, 6.45) is 4.05. The first kappa shape index (κ1) is 51.1. The zero-order valence-corrected chi connectivity index (χ0v) is 42.0. The topological polar surface area (TPSA) is 105 Å². The molecule has 1 aliphatic rings. The second-order valence-corrected chi connectivity index (χ2v) is 24.4. The first-order chi connectivity index (χ1) is 25.3. The SMILES string of the molecule is CC(C)(CC(C)(C)c1ccc(C(C)(C)CC(C)(C)C(=O)N2CCC2=O)cc1)NC(=O)C(C)(C)CC(C)(C)C(C)(C)OCCC(C)(C)C(C)(C)CC(C)(C)C(=O)NI. The van der Waals surface area contributed by atoms with Gasteiger partial charge in [0.2, 0.25) is 23.6 Å². The molecular formula is C48H82IN3O5. The van der Waals surface area contributed by atoms with E-state index in [1.165, 1.54) is 10.5 Å². The molecule has 1 fully saturated rings. The van der Waals surface area contributed by atoms with E-state index in [2.05, 4.69) is 130 Å². The molecule has 0 bridgehead atoms. The van der Waals surface area contributed by atoms with Crippen molar-refractivity contribution in [2.75, 3.05) is 13.2 Å². The minimum Gasteiger partial charge on any atom is -0.375 e. The third-order valence-corrected chi connectivity index (χ3v) is 14.6. The number of nitrogens with one attached hydrogen (secondary N) is 2. The van der Waals surface area contributed by atoms with Gasteiger partial charge in [-0.05, 0) is 98.0 Å². The predicted molar refractivity (Wildman–Crippen MR) is 244 cm³/mol. The second kappa shape index (κ2) is 17.2. The summed E-state index contributed by atoms with van der Waals surface area (Å²) in [5.74, 6) is -0.0906. The number of hydrogen-bond acceptors (Lipinski definition) is 5. The van der Waals surface area contributed by atoms with Crippen LogP contribution in [0, 0.1) is 32.5 Å². The largest absolute Gasteiger partial charge is 0.375 e. The lowest BCUT2D eigenvalue weighted by Crippen LogP contribution is -2.53. The van der Waals surface area contributed by atoms with Gasteiger partial charge in [0.05, 0.1) is 28.5 Å². The van der Waals surface area contributed by atoms with Gasteiger partial charge < -0.3 is 10.1 Å². The van der Waals surface area contributed by atoms with E-state index in [1.807, 2.05) is 64.4 Å². The van der Waals surface area contributed by atoms with Crippen LogP contribution in [0.25, 0.3) is 0 Å². The highest BCUT2D eigenvalue weighted by Crippen LogP contribution is 2.50. The number of rotatable bonds is 20. The molecule has 0 spiro atoms. The highest BCUT2D eigenvalue weighted by Gasteiger charge is 2.48. The van der Waals surface area contributed by atoms with Gasteiger partial charge in [0.15, 0.2) is 0 Å². The van der Waals surface area contributed by atoms with E-state index in [-0.39, 0.29) is 50.7 Å². The highest BCUT2D eigenvalue weighted by molar-refractivity contribution is 14.1. The van der Waals surface area contributed by atoms with Crippen molar-refractivity contribution in [1.29, 1.82) is 0 Å². The molecule has 0 unspecified atom stereocenters. The van der Waals surface area contributed by atoms with Crippen molar-refractivity contribution in [3.8, 4) is 0 Å². The summed E-state index contributed by atoms with van der Waals surface area (Å²) >= 11 is 1.93. The molecule has 1 aromatic rings. The maximum atomic E-state index is 14.1. The van der Waals surface area contributed by atoms with Crippen molar-refractivity contribution in [1.82, 2.24) is 13.7 Å². The fourth-order valence-corrected chi connectivity index (χ4v) is 10.1. The van der Waals surface area contributed by atoms with Gasteiger partial charge in [-0.2, -0.15) is 0 Å². The smallest absolute Gasteiger partial charge is 0.234 e. The highest BCUT2D eigenvalue weighted by atomic mass is 127. The van der Waals surface area contributed by atoms with Crippen molar-refractivity contribution in [3.05, 3.63) is 35.4 Å². The van der Waals surface area contributed by atoms with Gasteiger partial charge in [0, 0.05) is 41.4 Å². The Morgan fingerprint density at radius 1 is 0.614 bits per heavy atom. The molecule has 0 atom stereocenters. The van der Waals surface area contributed by atoms with Gasteiger partial charge in [0.1, 0.15) is 0 Å². The van der Waals surface area contributed by atoms with Gasteiger partial charge >= 0.3 is 0 Å². The lowest BCUT2D eigenvalue weighted by atomic mass is 9.60. The fraction of sp³-hybridized carbons (Fsp3) is 0.792. The molecule has 57 heavy (non-hydrogen) atoms. The van der Waals surface area contributed by atoms with Crippen molar-refractivity contribution in [2.24, 2.45) is 32.5 Å². The molecule has 1 saturated heterocycles.